The van der Waals surface area contributed by atoms with Crippen molar-refractivity contribution in [2.75, 3.05) is 5.32 Å². The SMILES string of the molecule is Cc1cc(NC(=O)c2cc(-n3c(=O)n(C)c(=S)n(C)c3=O)c(F)cc2Cl)ccc1F. The lowest BCUT2D eigenvalue weighted by molar-refractivity contribution is 0.102. The van der Waals surface area contributed by atoms with E-state index >= 15 is 0 Å². The lowest BCUT2D eigenvalue weighted by atomic mass is 10.1. The predicted octanol–water partition coefficient (Wildman–Crippen LogP) is 3.10. The maximum Gasteiger partial charge on any atom is 0.338 e. The molecule has 1 heterocycles. The molecule has 0 saturated heterocycles. The molecule has 3 rings (SSSR count). The number of hydrogen-bond donors (Lipinski definition) is 1. The van der Waals surface area contributed by atoms with Gasteiger partial charge in [-0.1, -0.05) is 11.6 Å². The number of carbonyl (C=O) groups is 1. The largest absolute Gasteiger partial charge is 0.338 e. The van der Waals surface area contributed by atoms with E-state index in [0.717, 1.165) is 21.3 Å². The summed E-state index contributed by atoms with van der Waals surface area (Å²) >= 11 is 11.0. The molecule has 30 heavy (non-hydrogen) atoms. The molecule has 0 bridgehead atoms. The van der Waals surface area contributed by atoms with Gasteiger partial charge >= 0.3 is 11.4 Å². The summed E-state index contributed by atoms with van der Waals surface area (Å²) in [6.07, 6.45) is 0. The highest BCUT2D eigenvalue weighted by atomic mass is 35.5. The summed E-state index contributed by atoms with van der Waals surface area (Å²) in [6, 6.07) is 5.77. The maximum atomic E-state index is 14.6. The summed E-state index contributed by atoms with van der Waals surface area (Å²) in [5.41, 5.74) is -1.82. The molecule has 1 N–H and O–H groups in total. The van der Waals surface area contributed by atoms with Gasteiger partial charge in [-0.3, -0.25) is 13.9 Å². The molecule has 2 aromatic carbocycles. The van der Waals surface area contributed by atoms with Gasteiger partial charge < -0.3 is 5.32 Å². The highest BCUT2D eigenvalue weighted by Crippen LogP contribution is 2.24. The molecule has 0 radical (unpaired) electrons. The van der Waals surface area contributed by atoms with Crippen LogP contribution in [0.1, 0.15) is 15.9 Å². The van der Waals surface area contributed by atoms with E-state index in [1.54, 1.807) is 0 Å². The number of halogens is 3. The fourth-order valence-electron chi connectivity index (χ4n) is 2.78. The molecule has 0 saturated carbocycles. The van der Waals surface area contributed by atoms with Gasteiger partial charge in [-0.05, 0) is 55.0 Å². The molecule has 7 nitrogen and oxygen atoms in total. The molecule has 0 aliphatic carbocycles. The number of rotatable bonds is 3. The number of nitrogens with one attached hydrogen (secondary N) is 1. The van der Waals surface area contributed by atoms with Crippen LogP contribution < -0.4 is 16.7 Å². The van der Waals surface area contributed by atoms with E-state index in [4.69, 9.17) is 23.8 Å². The Balaban J connectivity index is 2.15. The number of hydrogen-bond acceptors (Lipinski definition) is 4. The highest BCUT2D eigenvalue weighted by Gasteiger charge is 2.20. The monoisotopic (exact) mass is 452 g/mol. The number of amides is 1. The first-order valence-electron chi connectivity index (χ1n) is 8.49. The minimum atomic E-state index is -0.981. The van der Waals surface area contributed by atoms with Crippen molar-refractivity contribution in [1.82, 2.24) is 13.7 Å². The molecule has 0 spiro atoms. The topological polar surface area (TPSA) is 78.0 Å². The normalized spacial score (nSPS) is 10.9. The Morgan fingerprint density at radius 2 is 1.63 bits per heavy atom. The molecule has 11 heteroatoms. The second kappa shape index (κ2) is 7.96. The van der Waals surface area contributed by atoms with Crippen LogP contribution in [0.5, 0.6) is 0 Å². The second-order valence-electron chi connectivity index (χ2n) is 6.50. The van der Waals surface area contributed by atoms with Gasteiger partial charge in [-0.15, -0.1) is 0 Å². The van der Waals surface area contributed by atoms with Crippen molar-refractivity contribution in [1.29, 1.82) is 0 Å². The molecule has 1 amide bonds. The Hall–Kier alpha value is -3.11. The second-order valence-corrected chi connectivity index (χ2v) is 7.28. The lowest BCUT2D eigenvalue weighted by Gasteiger charge is -2.13. The Morgan fingerprint density at radius 1 is 1.03 bits per heavy atom. The number of nitrogens with zero attached hydrogens (tertiary/aromatic N) is 3. The van der Waals surface area contributed by atoms with Gasteiger partial charge in [0.2, 0.25) is 0 Å². The Morgan fingerprint density at radius 3 is 2.20 bits per heavy atom. The number of aryl methyl sites for hydroxylation is 1. The zero-order chi connectivity index (χ0) is 22.3. The lowest BCUT2D eigenvalue weighted by Crippen LogP contribution is -2.44. The molecule has 0 aliphatic rings. The van der Waals surface area contributed by atoms with Crippen LogP contribution in [0.3, 0.4) is 0 Å². The molecule has 3 aromatic rings. The molecular weight excluding hydrogens is 438 g/mol. The first kappa shape index (κ1) is 21.6. The Bertz CT molecular complexity index is 1340. The van der Waals surface area contributed by atoms with Crippen LogP contribution in [0.4, 0.5) is 14.5 Å². The zero-order valence-electron chi connectivity index (χ0n) is 16.0. The molecule has 0 unspecified atom stereocenters. The van der Waals surface area contributed by atoms with Crippen molar-refractivity contribution in [3.63, 3.8) is 0 Å². The van der Waals surface area contributed by atoms with Crippen LogP contribution in [0.15, 0.2) is 39.9 Å². The molecule has 0 aliphatic heterocycles. The average molecular weight is 453 g/mol. The van der Waals surface area contributed by atoms with Gasteiger partial charge in [0.1, 0.15) is 11.6 Å². The number of anilines is 1. The predicted molar refractivity (Wildman–Crippen MR) is 111 cm³/mol. The van der Waals surface area contributed by atoms with Gasteiger partial charge in [0.05, 0.1) is 16.3 Å². The van der Waals surface area contributed by atoms with Gasteiger partial charge in [0.25, 0.3) is 5.91 Å². The van der Waals surface area contributed by atoms with E-state index < -0.39 is 34.6 Å². The Kier molecular flexibility index (Phi) is 5.73. The molecule has 1 aromatic heterocycles. The minimum absolute atomic E-state index is 0.0553. The van der Waals surface area contributed by atoms with Crippen LogP contribution in [0.25, 0.3) is 5.69 Å². The van der Waals surface area contributed by atoms with Crippen molar-refractivity contribution in [2.24, 2.45) is 14.1 Å². The van der Waals surface area contributed by atoms with E-state index in [0.29, 0.717) is 10.1 Å². The van der Waals surface area contributed by atoms with Crippen LogP contribution in [-0.2, 0) is 14.1 Å². The van der Waals surface area contributed by atoms with E-state index in [2.05, 4.69) is 5.32 Å². The third-order valence-electron chi connectivity index (χ3n) is 4.47. The van der Waals surface area contributed by atoms with Crippen LogP contribution in [-0.4, -0.2) is 19.6 Å². The first-order chi connectivity index (χ1) is 14.0. The summed E-state index contributed by atoms with van der Waals surface area (Å²) in [4.78, 5) is 37.8. The number of benzene rings is 2. The summed E-state index contributed by atoms with van der Waals surface area (Å²) < 4.78 is 30.5. The van der Waals surface area contributed by atoms with Crippen molar-refractivity contribution >= 4 is 35.4 Å². The highest BCUT2D eigenvalue weighted by molar-refractivity contribution is 7.71. The van der Waals surface area contributed by atoms with E-state index in [9.17, 15) is 23.2 Å². The summed E-state index contributed by atoms with van der Waals surface area (Å²) in [5.74, 6) is -2.16. The number of aromatic nitrogens is 3. The third-order valence-corrected chi connectivity index (χ3v) is 5.33. The van der Waals surface area contributed by atoms with Gasteiger partial charge in [0, 0.05) is 19.8 Å². The zero-order valence-corrected chi connectivity index (χ0v) is 17.6. The van der Waals surface area contributed by atoms with Crippen molar-refractivity contribution in [3.8, 4) is 5.69 Å². The number of carbonyl (C=O) groups excluding carboxylic acids is 1. The summed E-state index contributed by atoms with van der Waals surface area (Å²) in [6.45, 7) is 1.53. The molecule has 0 fully saturated rings. The molecule has 156 valence electrons. The molecular formula is C19H15ClF2N4O3S. The van der Waals surface area contributed by atoms with E-state index in [-0.39, 0.29) is 21.0 Å². The summed E-state index contributed by atoms with van der Waals surface area (Å²) in [7, 11) is 2.66. The van der Waals surface area contributed by atoms with Gasteiger partial charge in [-0.2, -0.15) is 0 Å². The minimum Gasteiger partial charge on any atom is -0.322 e. The van der Waals surface area contributed by atoms with Crippen molar-refractivity contribution < 1.29 is 13.6 Å². The first-order valence-corrected chi connectivity index (χ1v) is 9.27. The van der Waals surface area contributed by atoms with Crippen molar-refractivity contribution in [2.45, 2.75) is 6.92 Å². The fourth-order valence-corrected chi connectivity index (χ4v) is 3.17. The van der Waals surface area contributed by atoms with Gasteiger partial charge in [0.15, 0.2) is 4.77 Å². The fraction of sp³-hybridized carbons (Fsp3) is 0.158. The quantitative estimate of drug-likeness (QED) is 0.619. The van der Waals surface area contributed by atoms with Crippen LogP contribution in [0.2, 0.25) is 5.02 Å². The van der Waals surface area contributed by atoms with Gasteiger partial charge in [-0.25, -0.2) is 22.9 Å². The Labute approximate surface area is 178 Å². The smallest absolute Gasteiger partial charge is 0.322 e. The van der Waals surface area contributed by atoms with Crippen molar-refractivity contribution in [3.05, 3.63) is 83.9 Å². The third kappa shape index (κ3) is 3.71. The molecule has 0 atom stereocenters. The average Bonchev–Trinajstić information content (AvgIpc) is 2.69. The van der Waals surface area contributed by atoms with E-state index in [1.807, 2.05) is 0 Å². The standard InChI is InChI=1S/C19H15ClF2N4O3S/c1-9-6-10(4-5-13(9)21)23-16(27)11-7-15(14(22)8-12(11)20)26-17(28)24(2)19(30)25(3)18(26)29/h4-8H,1-3H3,(H,23,27). The maximum absolute atomic E-state index is 14.6. The van der Waals surface area contributed by atoms with Crippen LogP contribution in [0, 0.1) is 23.3 Å². The van der Waals surface area contributed by atoms with Crippen LogP contribution >= 0.6 is 23.8 Å². The van der Waals surface area contributed by atoms with E-state index in [1.165, 1.54) is 39.2 Å². The summed E-state index contributed by atoms with van der Waals surface area (Å²) in [5, 5.41) is 2.29.